The second kappa shape index (κ2) is 8.79. The number of alkyl carbamates (subject to hydrolysis) is 1. The summed E-state index contributed by atoms with van der Waals surface area (Å²) in [4.78, 5) is 24.9. The summed E-state index contributed by atoms with van der Waals surface area (Å²) in [5.74, 6) is -1.03. The molecule has 1 amide bonds. The van der Waals surface area contributed by atoms with Crippen molar-refractivity contribution in [1.29, 1.82) is 0 Å². The van der Waals surface area contributed by atoms with Crippen molar-refractivity contribution in [2.45, 2.75) is 59.1 Å². The van der Waals surface area contributed by atoms with Crippen LogP contribution < -0.4 is 5.32 Å². The third kappa shape index (κ3) is 8.74. The third-order valence-electron chi connectivity index (χ3n) is 2.85. The highest BCUT2D eigenvalue weighted by atomic mass is 16.6. The second-order valence-electron chi connectivity index (χ2n) is 5.71. The molecule has 20 heavy (non-hydrogen) atoms. The first-order valence-corrected chi connectivity index (χ1v) is 7.14. The number of amides is 1. The third-order valence-corrected chi connectivity index (χ3v) is 2.85. The van der Waals surface area contributed by atoms with Gasteiger partial charge in [-0.25, -0.2) is 9.59 Å². The first-order valence-electron chi connectivity index (χ1n) is 7.14. The van der Waals surface area contributed by atoms with Crippen LogP contribution in [0, 0.1) is 0 Å². The van der Waals surface area contributed by atoms with Gasteiger partial charge >= 0.3 is 12.1 Å². The molecule has 1 atom stereocenters. The Kier molecular flexibility index (Phi) is 8.22. The highest BCUT2D eigenvalue weighted by Gasteiger charge is 2.23. The van der Waals surface area contributed by atoms with Crippen LogP contribution in [-0.4, -0.2) is 53.3 Å². The molecule has 2 N–H and O–H groups in total. The number of carbonyl (C=O) groups is 2. The monoisotopic (exact) mass is 288 g/mol. The summed E-state index contributed by atoms with van der Waals surface area (Å²) in [5, 5.41) is 11.5. The van der Waals surface area contributed by atoms with E-state index in [0.29, 0.717) is 12.8 Å². The fourth-order valence-electron chi connectivity index (χ4n) is 1.77. The van der Waals surface area contributed by atoms with Gasteiger partial charge in [-0.1, -0.05) is 13.8 Å². The molecule has 0 saturated heterocycles. The fraction of sp³-hybridized carbons (Fsp3) is 0.857. The molecule has 6 heteroatoms. The van der Waals surface area contributed by atoms with Gasteiger partial charge in [0.2, 0.25) is 0 Å². The molecule has 0 aromatic heterocycles. The lowest BCUT2D eigenvalue weighted by Crippen LogP contribution is -2.43. The molecule has 0 bridgehead atoms. The number of nitrogens with one attached hydrogen (secondary N) is 1. The van der Waals surface area contributed by atoms with E-state index in [9.17, 15) is 9.59 Å². The summed E-state index contributed by atoms with van der Waals surface area (Å²) in [6.07, 6.45) is 0.423. The number of aliphatic carboxylic acids is 1. The molecular formula is C14H28N2O4. The van der Waals surface area contributed by atoms with Crippen LogP contribution in [0.1, 0.15) is 47.5 Å². The standard InChI is InChI=1S/C14H28N2O4/c1-6-16(7-2)10-8-9-11(12(17)18)15-13(19)20-14(3,4)5/h11H,6-10H2,1-5H3,(H,15,19)(H,17,18). The van der Waals surface area contributed by atoms with Crippen LogP contribution in [-0.2, 0) is 9.53 Å². The molecule has 0 aliphatic heterocycles. The van der Waals surface area contributed by atoms with Crippen LogP contribution >= 0.6 is 0 Å². The lowest BCUT2D eigenvalue weighted by molar-refractivity contribution is -0.139. The van der Waals surface area contributed by atoms with E-state index in [1.165, 1.54) is 0 Å². The van der Waals surface area contributed by atoms with Crippen LogP contribution in [0.2, 0.25) is 0 Å². The minimum absolute atomic E-state index is 0.394. The van der Waals surface area contributed by atoms with Gasteiger partial charge in [0.1, 0.15) is 11.6 Å². The van der Waals surface area contributed by atoms with E-state index in [-0.39, 0.29) is 0 Å². The van der Waals surface area contributed by atoms with Crippen molar-refractivity contribution in [2.75, 3.05) is 19.6 Å². The van der Waals surface area contributed by atoms with Crippen molar-refractivity contribution in [3.8, 4) is 0 Å². The van der Waals surface area contributed by atoms with Gasteiger partial charge in [0.05, 0.1) is 0 Å². The van der Waals surface area contributed by atoms with Crippen molar-refractivity contribution < 1.29 is 19.4 Å². The molecule has 0 aromatic carbocycles. The maximum atomic E-state index is 11.6. The zero-order valence-electron chi connectivity index (χ0n) is 13.2. The summed E-state index contributed by atoms with van der Waals surface area (Å²) < 4.78 is 5.06. The van der Waals surface area contributed by atoms with Crippen molar-refractivity contribution in [2.24, 2.45) is 0 Å². The summed E-state index contributed by atoms with van der Waals surface area (Å²) >= 11 is 0. The van der Waals surface area contributed by atoms with Gasteiger partial charge in [-0.2, -0.15) is 0 Å². The fourth-order valence-corrected chi connectivity index (χ4v) is 1.77. The molecule has 0 spiro atoms. The first-order chi connectivity index (χ1) is 9.19. The lowest BCUT2D eigenvalue weighted by atomic mass is 10.1. The van der Waals surface area contributed by atoms with Gasteiger partial charge in [0.15, 0.2) is 0 Å². The van der Waals surface area contributed by atoms with Gasteiger partial charge in [-0.05, 0) is 53.2 Å². The number of hydrogen-bond donors (Lipinski definition) is 2. The number of hydrogen-bond acceptors (Lipinski definition) is 4. The molecule has 0 heterocycles. The quantitative estimate of drug-likeness (QED) is 0.715. The summed E-state index contributed by atoms with van der Waals surface area (Å²) in [7, 11) is 0. The number of carboxylic acid groups (broad SMARTS) is 1. The molecular weight excluding hydrogens is 260 g/mol. The highest BCUT2D eigenvalue weighted by Crippen LogP contribution is 2.08. The normalized spacial score (nSPS) is 13.1. The van der Waals surface area contributed by atoms with Crippen LogP contribution in [0.4, 0.5) is 4.79 Å². The zero-order valence-corrected chi connectivity index (χ0v) is 13.2. The van der Waals surface area contributed by atoms with Crippen LogP contribution in [0.25, 0.3) is 0 Å². The molecule has 0 aliphatic rings. The van der Waals surface area contributed by atoms with Crippen molar-refractivity contribution >= 4 is 12.1 Å². The summed E-state index contributed by atoms with van der Waals surface area (Å²) in [6.45, 7) is 12.1. The lowest BCUT2D eigenvalue weighted by Gasteiger charge is -2.23. The Morgan fingerprint density at radius 1 is 1.25 bits per heavy atom. The van der Waals surface area contributed by atoms with E-state index in [1.807, 2.05) is 0 Å². The maximum absolute atomic E-state index is 11.6. The molecule has 6 nitrogen and oxygen atoms in total. The van der Waals surface area contributed by atoms with Crippen LogP contribution in [0.3, 0.4) is 0 Å². The van der Waals surface area contributed by atoms with Gasteiger partial charge in [0.25, 0.3) is 0 Å². The number of nitrogens with zero attached hydrogens (tertiary/aromatic N) is 1. The Labute approximate surface area is 121 Å². The van der Waals surface area contributed by atoms with Gasteiger partial charge in [0, 0.05) is 0 Å². The van der Waals surface area contributed by atoms with E-state index in [2.05, 4.69) is 24.1 Å². The average molecular weight is 288 g/mol. The van der Waals surface area contributed by atoms with E-state index in [1.54, 1.807) is 20.8 Å². The molecule has 0 rings (SSSR count). The van der Waals surface area contributed by atoms with Gasteiger partial charge in [-0.3, -0.25) is 0 Å². The summed E-state index contributed by atoms with van der Waals surface area (Å²) in [6, 6.07) is -0.902. The predicted octanol–water partition coefficient (Wildman–Crippen LogP) is 2.09. The number of ether oxygens (including phenoxy) is 1. The number of rotatable bonds is 8. The zero-order chi connectivity index (χ0) is 15.8. The minimum Gasteiger partial charge on any atom is -0.480 e. The topological polar surface area (TPSA) is 78.9 Å². The second-order valence-corrected chi connectivity index (χ2v) is 5.71. The number of carbonyl (C=O) groups excluding carboxylic acids is 1. The highest BCUT2D eigenvalue weighted by molar-refractivity contribution is 5.79. The van der Waals surface area contributed by atoms with Crippen LogP contribution in [0.15, 0.2) is 0 Å². The van der Waals surface area contributed by atoms with E-state index < -0.39 is 23.7 Å². The van der Waals surface area contributed by atoms with E-state index in [0.717, 1.165) is 19.6 Å². The largest absolute Gasteiger partial charge is 0.480 e. The van der Waals surface area contributed by atoms with E-state index in [4.69, 9.17) is 9.84 Å². The average Bonchev–Trinajstić information content (AvgIpc) is 2.30. The molecule has 0 aliphatic carbocycles. The minimum atomic E-state index is -1.03. The molecule has 0 aromatic rings. The molecule has 1 unspecified atom stereocenters. The molecule has 118 valence electrons. The molecule has 0 radical (unpaired) electrons. The van der Waals surface area contributed by atoms with Crippen molar-refractivity contribution in [3.05, 3.63) is 0 Å². The summed E-state index contributed by atoms with van der Waals surface area (Å²) in [5.41, 5.74) is -0.631. The molecule has 0 fully saturated rings. The Bertz CT molecular complexity index is 309. The van der Waals surface area contributed by atoms with Gasteiger partial charge in [-0.15, -0.1) is 0 Å². The SMILES string of the molecule is CCN(CC)CCCC(NC(=O)OC(C)(C)C)C(=O)O. The molecule has 0 saturated carbocycles. The smallest absolute Gasteiger partial charge is 0.408 e. The van der Waals surface area contributed by atoms with Crippen molar-refractivity contribution in [3.63, 3.8) is 0 Å². The van der Waals surface area contributed by atoms with Gasteiger partial charge < -0.3 is 20.1 Å². The first kappa shape index (κ1) is 18.7. The van der Waals surface area contributed by atoms with E-state index >= 15 is 0 Å². The Hall–Kier alpha value is -1.30. The Morgan fingerprint density at radius 2 is 1.80 bits per heavy atom. The van der Waals surface area contributed by atoms with Crippen LogP contribution in [0.5, 0.6) is 0 Å². The Morgan fingerprint density at radius 3 is 2.20 bits per heavy atom. The number of carboxylic acids is 1. The predicted molar refractivity (Wildman–Crippen MR) is 77.8 cm³/mol. The Balaban J connectivity index is 4.24. The van der Waals surface area contributed by atoms with Crippen molar-refractivity contribution in [1.82, 2.24) is 10.2 Å². The maximum Gasteiger partial charge on any atom is 0.408 e.